The maximum atomic E-state index is 13.5. The van der Waals surface area contributed by atoms with Crippen molar-refractivity contribution >= 4 is 16.0 Å². The number of rotatable bonds is 6. The summed E-state index contributed by atoms with van der Waals surface area (Å²) in [7, 11) is -4.34. The molecule has 118 valence electrons. The molecule has 0 saturated carbocycles. The summed E-state index contributed by atoms with van der Waals surface area (Å²) in [6.07, 6.45) is -5.10. The number of alkyl halides is 3. The van der Waals surface area contributed by atoms with Crippen LogP contribution in [0, 0.1) is 5.82 Å². The molecule has 21 heavy (non-hydrogen) atoms. The molecule has 0 bridgehead atoms. The van der Waals surface area contributed by atoms with Crippen LogP contribution >= 0.6 is 0 Å². The van der Waals surface area contributed by atoms with Crippen LogP contribution in [-0.2, 0) is 21.0 Å². The van der Waals surface area contributed by atoms with E-state index in [2.05, 4.69) is 0 Å². The first-order chi connectivity index (χ1) is 9.54. The van der Waals surface area contributed by atoms with Crippen molar-refractivity contribution in [3.8, 4) is 0 Å². The van der Waals surface area contributed by atoms with Gasteiger partial charge in [-0.2, -0.15) is 13.2 Å². The van der Waals surface area contributed by atoms with Gasteiger partial charge in [0.05, 0.1) is 5.56 Å². The number of carboxylic acids is 1. The number of hydrogen-bond acceptors (Lipinski definition) is 3. The average Bonchev–Trinajstić information content (AvgIpc) is 2.33. The van der Waals surface area contributed by atoms with Gasteiger partial charge in [0, 0.05) is 13.0 Å². The Kier molecular flexibility index (Phi) is 5.29. The zero-order valence-corrected chi connectivity index (χ0v) is 11.3. The van der Waals surface area contributed by atoms with Gasteiger partial charge in [0.15, 0.2) is 0 Å². The van der Waals surface area contributed by atoms with Crippen molar-refractivity contribution in [2.75, 3.05) is 6.54 Å². The highest BCUT2D eigenvalue weighted by Crippen LogP contribution is 2.31. The zero-order valence-electron chi connectivity index (χ0n) is 10.4. The van der Waals surface area contributed by atoms with Gasteiger partial charge in [-0.15, -0.1) is 0 Å². The van der Waals surface area contributed by atoms with Gasteiger partial charge in [-0.05, 0) is 24.6 Å². The third-order valence-corrected chi connectivity index (χ3v) is 3.90. The van der Waals surface area contributed by atoms with Gasteiger partial charge in [-0.25, -0.2) is 17.5 Å². The van der Waals surface area contributed by atoms with E-state index in [0.717, 1.165) is 0 Å². The highest BCUT2D eigenvalue weighted by Gasteiger charge is 2.32. The predicted octanol–water partition coefficient (Wildman–Crippen LogP) is 1.99. The van der Waals surface area contributed by atoms with Crippen molar-refractivity contribution in [3.05, 3.63) is 29.6 Å². The second kappa shape index (κ2) is 6.39. The summed E-state index contributed by atoms with van der Waals surface area (Å²) in [5, 5.41) is 8.37. The quantitative estimate of drug-likeness (QED) is 0.617. The minimum absolute atomic E-state index is 0.0309. The maximum Gasteiger partial charge on any atom is 0.416 e. The monoisotopic (exact) mass is 329 g/mol. The minimum Gasteiger partial charge on any atom is -0.481 e. The zero-order chi connectivity index (χ0) is 16.3. The Labute approximate surface area is 117 Å². The standard InChI is InChI=1S/C11H11F4NO4S/c12-8-6-7(11(13,14)15)3-4-9(8)21(19,20)16-5-1-2-10(17)18/h3-4,6,16H,1-2,5H2,(H,17,18). The van der Waals surface area contributed by atoms with E-state index in [1.807, 2.05) is 4.72 Å². The van der Waals surface area contributed by atoms with Crippen LogP contribution in [0.15, 0.2) is 23.1 Å². The molecule has 10 heteroatoms. The van der Waals surface area contributed by atoms with Crippen LogP contribution in [0.5, 0.6) is 0 Å². The molecule has 1 rings (SSSR count). The van der Waals surface area contributed by atoms with Crippen molar-refractivity contribution in [1.29, 1.82) is 0 Å². The summed E-state index contributed by atoms with van der Waals surface area (Å²) in [6, 6.07) is 1.05. The maximum absolute atomic E-state index is 13.5. The van der Waals surface area contributed by atoms with Crippen molar-refractivity contribution in [2.24, 2.45) is 0 Å². The molecular weight excluding hydrogens is 318 g/mol. The summed E-state index contributed by atoms with van der Waals surface area (Å²) < 4.78 is 75.8. The summed E-state index contributed by atoms with van der Waals surface area (Å²) in [5.74, 6) is -2.66. The molecule has 0 atom stereocenters. The molecule has 0 aromatic heterocycles. The molecule has 0 spiro atoms. The molecule has 0 radical (unpaired) electrons. The van der Waals surface area contributed by atoms with Crippen LogP contribution in [0.2, 0.25) is 0 Å². The number of aliphatic carboxylic acids is 1. The lowest BCUT2D eigenvalue weighted by atomic mass is 10.2. The largest absolute Gasteiger partial charge is 0.481 e. The smallest absolute Gasteiger partial charge is 0.416 e. The molecule has 0 saturated heterocycles. The third kappa shape index (κ3) is 4.97. The lowest BCUT2D eigenvalue weighted by Crippen LogP contribution is -2.26. The van der Waals surface area contributed by atoms with Gasteiger partial charge in [-0.3, -0.25) is 4.79 Å². The van der Waals surface area contributed by atoms with Crippen LogP contribution in [-0.4, -0.2) is 26.0 Å². The van der Waals surface area contributed by atoms with Gasteiger partial charge in [0.2, 0.25) is 10.0 Å². The first-order valence-electron chi connectivity index (χ1n) is 5.62. The Bertz CT molecular complexity index is 628. The number of hydrogen-bond donors (Lipinski definition) is 2. The predicted molar refractivity (Wildman–Crippen MR) is 63.5 cm³/mol. The SMILES string of the molecule is O=C(O)CCCNS(=O)(=O)c1ccc(C(F)(F)F)cc1F. The fourth-order valence-corrected chi connectivity index (χ4v) is 2.55. The molecule has 0 aliphatic heterocycles. The van der Waals surface area contributed by atoms with Crippen molar-refractivity contribution in [2.45, 2.75) is 23.9 Å². The second-order valence-electron chi connectivity index (χ2n) is 4.04. The fraction of sp³-hybridized carbons (Fsp3) is 0.364. The lowest BCUT2D eigenvalue weighted by Gasteiger charge is -2.10. The molecule has 0 aliphatic rings. The highest BCUT2D eigenvalue weighted by atomic mass is 32.2. The Balaban J connectivity index is 2.87. The molecule has 1 aromatic rings. The molecule has 0 amide bonds. The third-order valence-electron chi connectivity index (χ3n) is 2.41. The molecule has 0 heterocycles. The first kappa shape index (κ1) is 17.4. The van der Waals surface area contributed by atoms with Gasteiger partial charge >= 0.3 is 12.1 Å². The summed E-state index contributed by atoms with van der Waals surface area (Å²) in [5.41, 5.74) is -1.30. The number of halogens is 4. The number of nitrogens with one attached hydrogen (secondary N) is 1. The second-order valence-corrected chi connectivity index (χ2v) is 5.77. The molecule has 0 aliphatic carbocycles. The molecule has 1 aromatic carbocycles. The Hall–Kier alpha value is -1.68. The molecular formula is C11H11F4NO4S. The van der Waals surface area contributed by atoms with E-state index in [4.69, 9.17) is 5.11 Å². The van der Waals surface area contributed by atoms with Crippen molar-refractivity contribution < 1.29 is 35.9 Å². The van der Waals surface area contributed by atoms with Crippen LogP contribution in [0.1, 0.15) is 18.4 Å². The summed E-state index contributed by atoms with van der Waals surface area (Å²) >= 11 is 0. The first-order valence-corrected chi connectivity index (χ1v) is 7.10. The van der Waals surface area contributed by atoms with Gasteiger partial charge in [0.1, 0.15) is 10.7 Å². The van der Waals surface area contributed by atoms with Crippen molar-refractivity contribution in [3.63, 3.8) is 0 Å². The van der Waals surface area contributed by atoms with Crippen LogP contribution in [0.4, 0.5) is 17.6 Å². The number of carboxylic acid groups (broad SMARTS) is 1. The minimum atomic E-state index is -4.78. The van der Waals surface area contributed by atoms with E-state index >= 15 is 0 Å². The Morgan fingerprint density at radius 3 is 2.38 bits per heavy atom. The number of benzene rings is 1. The Morgan fingerprint density at radius 1 is 1.29 bits per heavy atom. The number of sulfonamides is 1. The average molecular weight is 329 g/mol. The number of carbonyl (C=O) groups is 1. The lowest BCUT2D eigenvalue weighted by molar-refractivity contribution is -0.138. The van der Waals surface area contributed by atoms with E-state index in [1.54, 1.807) is 0 Å². The Morgan fingerprint density at radius 2 is 1.90 bits per heavy atom. The van der Waals surface area contributed by atoms with E-state index in [9.17, 15) is 30.8 Å². The topological polar surface area (TPSA) is 83.5 Å². The van der Waals surface area contributed by atoms with E-state index in [-0.39, 0.29) is 25.5 Å². The van der Waals surface area contributed by atoms with Crippen molar-refractivity contribution in [1.82, 2.24) is 4.72 Å². The molecule has 0 unspecified atom stereocenters. The molecule has 2 N–H and O–H groups in total. The van der Waals surface area contributed by atoms with Crippen LogP contribution in [0.25, 0.3) is 0 Å². The van der Waals surface area contributed by atoms with Gasteiger partial charge < -0.3 is 5.11 Å². The van der Waals surface area contributed by atoms with E-state index in [1.165, 1.54) is 0 Å². The van der Waals surface area contributed by atoms with E-state index < -0.39 is 38.4 Å². The summed E-state index contributed by atoms with van der Waals surface area (Å²) in [4.78, 5) is 9.31. The van der Waals surface area contributed by atoms with Crippen LogP contribution in [0.3, 0.4) is 0 Å². The fourth-order valence-electron chi connectivity index (χ4n) is 1.42. The molecule has 5 nitrogen and oxygen atoms in total. The highest BCUT2D eigenvalue weighted by molar-refractivity contribution is 7.89. The molecule has 0 fully saturated rings. The normalized spacial score (nSPS) is 12.4. The van der Waals surface area contributed by atoms with Gasteiger partial charge in [-0.1, -0.05) is 0 Å². The summed E-state index contributed by atoms with van der Waals surface area (Å²) in [6.45, 7) is -0.269. The van der Waals surface area contributed by atoms with E-state index in [0.29, 0.717) is 12.1 Å². The van der Waals surface area contributed by atoms with Gasteiger partial charge in [0.25, 0.3) is 0 Å². The van der Waals surface area contributed by atoms with Crippen LogP contribution < -0.4 is 4.72 Å².